The number of hydrogen-bond donors (Lipinski definition) is 0. The van der Waals surface area contributed by atoms with E-state index in [0.29, 0.717) is 41.2 Å². The fourth-order valence-electron chi connectivity index (χ4n) is 5.01. The van der Waals surface area contributed by atoms with E-state index in [2.05, 4.69) is 0 Å². The number of benzene rings is 2. The fraction of sp³-hybridized carbons (Fsp3) is 0.393. The number of hydrogen-bond acceptors (Lipinski definition) is 7. The van der Waals surface area contributed by atoms with Crippen LogP contribution in [0.1, 0.15) is 32.3 Å². The Morgan fingerprint density at radius 1 is 1.16 bits per heavy atom. The van der Waals surface area contributed by atoms with E-state index in [0.717, 1.165) is 11.3 Å². The maximum atomic E-state index is 12.9. The molecule has 3 aromatic rings. The number of ether oxygens (including phenoxy) is 3. The highest BCUT2D eigenvalue weighted by Gasteiger charge is 2.43. The Balaban J connectivity index is 1.45. The molecule has 2 heterocycles. The Labute approximate surface area is 219 Å². The SMILES string of the molecule is COC(=O)[C@H]1C[C@@H](OCCOc2cc3c(cc2-c2cc(=O)c4cccc(Cl)c4o2)N(C)C(=O)C3(C)C)C1. The lowest BCUT2D eigenvalue weighted by atomic mass is 9.82. The van der Waals surface area contributed by atoms with Gasteiger partial charge >= 0.3 is 5.97 Å². The molecule has 0 spiro atoms. The van der Waals surface area contributed by atoms with Crippen LogP contribution in [0.25, 0.3) is 22.3 Å². The van der Waals surface area contributed by atoms with Crippen LogP contribution in [0, 0.1) is 5.92 Å². The smallest absolute Gasteiger partial charge is 0.308 e. The highest BCUT2D eigenvalue weighted by molar-refractivity contribution is 6.34. The van der Waals surface area contributed by atoms with Crippen LogP contribution in [-0.2, 0) is 24.5 Å². The zero-order valence-corrected chi connectivity index (χ0v) is 21.9. The van der Waals surface area contributed by atoms with Crippen LogP contribution >= 0.6 is 11.6 Å². The lowest BCUT2D eigenvalue weighted by molar-refractivity contribution is -0.155. The standard InChI is InChI=1S/C28H28ClNO7/c1-28(2)19-13-23(36-9-8-35-16-10-15(11-16)26(32)34-4)18(12-21(19)30(3)27(28)33)24-14-22(31)17-6-5-7-20(29)25(17)37-24/h5-7,12-16H,8-11H2,1-4H3/t15-,16+. The topological polar surface area (TPSA) is 95.3 Å². The maximum absolute atomic E-state index is 12.9. The van der Waals surface area contributed by atoms with E-state index < -0.39 is 5.41 Å². The van der Waals surface area contributed by atoms with Gasteiger partial charge in [0.2, 0.25) is 5.91 Å². The average Bonchev–Trinajstić information content (AvgIpc) is 3.02. The van der Waals surface area contributed by atoms with Crippen molar-refractivity contribution in [1.82, 2.24) is 0 Å². The molecule has 0 atom stereocenters. The number of rotatable bonds is 7. The average molecular weight is 526 g/mol. The third kappa shape index (κ3) is 4.38. The van der Waals surface area contributed by atoms with Gasteiger partial charge in [-0.15, -0.1) is 0 Å². The van der Waals surface area contributed by atoms with Crippen LogP contribution in [0.15, 0.2) is 45.6 Å². The van der Waals surface area contributed by atoms with Crippen LogP contribution in [-0.4, -0.2) is 45.4 Å². The van der Waals surface area contributed by atoms with Crippen molar-refractivity contribution in [2.45, 2.75) is 38.2 Å². The summed E-state index contributed by atoms with van der Waals surface area (Å²) in [6.45, 7) is 4.28. The van der Waals surface area contributed by atoms with Crippen molar-refractivity contribution in [2.75, 3.05) is 32.3 Å². The molecule has 1 fully saturated rings. The quantitative estimate of drug-likeness (QED) is 0.325. The van der Waals surface area contributed by atoms with Crippen molar-refractivity contribution >= 4 is 40.1 Å². The van der Waals surface area contributed by atoms with Crippen molar-refractivity contribution in [2.24, 2.45) is 5.92 Å². The number of carbonyl (C=O) groups excluding carboxylic acids is 2. The Morgan fingerprint density at radius 2 is 1.92 bits per heavy atom. The van der Waals surface area contributed by atoms with E-state index in [4.69, 9.17) is 30.2 Å². The van der Waals surface area contributed by atoms with Gasteiger partial charge in [-0.25, -0.2) is 0 Å². The third-order valence-electron chi connectivity index (χ3n) is 7.27. The molecule has 2 aliphatic rings. The first kappa shape index (κ1) is 25.3. The molecular weight excluding hydrogens is 498 g/mol. The molecule has 1 aromatic heterocycles. The van der Waals surface area contributed by atoms with Gasteiger partial charge in [-0.3, -0.25) is 14.4 Å². The second-order valence-corrected chi connectivity index (χ2v) is 10.4. The predicted molar refractivity (Wildman–Crippen MR) is 139 cm³/mol. The zero-order chi connectivity index (χ0) is 26.5. The minimum atomic E-state index is -0.737. The molecule has 1 amide bonds. The molecule has 0 bridgehead atoms. The van der Waals surface area contributed by atoms with Gasteiger partial charge in [-0.05, 0) is 56.5 Å². The van der Waals surface area contributed by atoms with Crippen molar-refractivity contribution in [1.29, 1.82) is 0 Å². The molecule has 9 heteroatoms. The molecule has 0 unspecified atom stereocenters. The molecule has 1 aliphatic heterocycles. The fourth-order valence-corrected chi connectivity index (χ4v) is 5.22. The number of esters is 1. The summed E-state index contributed by atoms with van der Waals surface area (Å²) < 4.78 is 22.8. The van der Waals surface area contributed by atoms with Gasteiger partial charge in [0.1, 0.15) is 18.1 Å². The number of methoxy groups -OCH3 is 1. The molecule has 5 rings (SSSR count). The van der Waals surface area contributed by atoms with E-state index >= 15 is 0 Å². The molecule has 8 nitrogen and oxygen atoms in total. The maximum Gasteiger partial charge on any atom is 0.308 e. The van der Waals surface area contributed by atoms with Gasteiger partial charge in [0.15, 0.2) is 11.0 Å². The van der Waals surface area contributed by atoms with E-state index in [-0.39, 0.29) is 47.3 Å². The first-order chi connectivity index (χ1) is 17.6. The number of likely N-dealkylation sites (N-methyl/N-ethyl adjacent to an activating group) is 1. The number of carbonyl (C=O) groups is 2. The molecule has 0 saturated heterocycles. The van der Waals surface area contributed by atoms with E-state index in [1.54, 1.807) is 30.1 Å². The van der Waals surface area contributed by atoms with Crippen LogP contribution < -0.4 is 15.1 Å². The number of nitrogens with zero attached hydrogens (tertiary/aromatic N) is 1. The first-order valence-electron chi connectivity index (χ1n) is 12.1. The molecule has 37 heavy (non-hydrogen) atoms. The van der Waals surface area contributed by atoms with Gasteiger partial charge in [-0.1, -0.05) is 17.7 Å². The molecule has 0 N–H and O–H groups in total. The third-order valence-corrected chi connectivity index (χ3v) is 7.57. The minimum absolute atomic E-state index is 0.0157. The first-order valence-corrected chi connectivity index (χ1v) is 12.5. The summed E-state index contributed by atoms with van der Waals surface area (Å²) in [5.41, 5.74) is 1.39. The van der Waals surface area contributed by atoms with Crippen LogP contribution in [0.5, 0.6) is 5.75 Å². The van der Waals surface area contributed by atoms with E-state index in [1.807, 2.05) is 26.0 Å². The molecule has 0 radical (unpaired) electrons. The summed E-state index contributed by atoms with van der Waals surface area (Å²) >= 11 is 6.33. The van der Waals surface area contributed by atoms with Gasteiger partial charge < -0.3 is 23.5 Å². The Bertz CT molecular complexity index is 1450. The van der Waals surface area contributed by atoms with Crippen LogP contribution in [0.3, 0.4) is 0 Å². The molecular formula is C28H28ClNO7. The van der Waals surface area contributed by atoms with Gasteiger partial charge in [-0.2, -0.15) is 0 Å². The van der Waals surface area contributed by atoms with Gasteiger partial charge in [0.05, 0.1) is 47.1 Å². The normalized spacial score (nSPS) is 20.0. The lowest BCUT2D eigenvalue weighted by Gasteiger charge is -2.32. The van der Waals surface area contributed by atoms with E-state index in [9.17, 15) is 14.4 Å². The summed E-state index contributed by atoms with van der Waals surface area (Å²) in [5.74, 6) is 0.391. The highest BCUT2D eigenvalue weighted by Crippen LogP contribution is 2.46. The number of anilines is 1. The summed E-state index contributed by atoms with van der Waals surface area (Å²) in [7, 11) is 3.11. The number of fused-ring (bicyclic) bond motifs is 2. The van der Waals surface area contributed by atoms with Crippen molar-refractivity contribution < 1.29 is 28.2 Å². The summed E-state index contributed by atoms with van der Waals surface area (Å²) in [6.07, 6.45) is 1.24. The molecule has 1 aliphatic carbocycles. The van der Waals surface area contributed by atoms with Gasteiger partial charge in [0.25, 0.3) is 0 Å². The van der Waals surface area contributed by atoms with Crippen molar-refractivity contribution in [3.05, 3.63) is 57.2 Å². The largest absolute Gasteiger partial charge is 0.490 e. The summed E-state index contributed by atoms with van der Waals surface area (Å²) in [5, 5.41) is 0.708. The zero-order valence-electron chi connectivity index (χ0n) is 21.1. The van der Waals surface area contributed by atoms with Crippen LogP contribution in [0.2, 0.25) is 5.02 Å². The van der Waals surface area contributed by atoms with Crippen LogP contribution in [0.4, 0.5) is 5.69 Å². The lowest BCUT2D eigenvalue weighted by Crippen LogP contribution is -2.37. The summed E-state index contributed by atoms with van der Waals surface area (Å²) in [4.78, 5) is 39.0. The monoisotopic (exact) mass is 525 g/mol. The van der Waals surface area contributed by atoms with Gasteiger partial charge in [0, 0.05) is 18.8 Å². The molecule has 2 aromatic carbocycles. The second-order valence-electron chi connectivity index (χ2n) is 9.98. The second kappa shape index (κ2) is 9.50. The Kier molecular flexibility index (Phi) is 6.50. The predicted octanol–water partition coefficient (Wildman–Crippen LogP) is 4.71. The molecule has 194 valence electrons. The van der Waals surface area contributed by atoms with Crippen molar-refractivity contribution in [3.8, 4) is 17.1 Å². The highest BCUT2D eigenvalue weighted by atomic mass is 35.5. The Hall–Kier alpha value is -3.36. The molecule has 1 saturated carbocycles. The number of amides is 1. The minimum Gasteiger partial charge on any atom is -0.490 e. The number of para-hydroxylation sites is 1. The summed E-state index contributed by atoms with van der Waals surface area (Å²) in [6, 6.07) is 10.1. The number of halogens is 1. The Morgan fingerprint density at radius 3 is 2.65 bits per heavy atom. The van der Waals surface area contributed by atoms with E-state index in [1.165, 1.54) is 13.2 Å². The van der Waals surface area contributed by atoms with Crippen molar-refractivity contribution in [3.63, 3.8) is 0 Å².